The lowest BCUT2D eigenvalue weighted by atomic mass is 10.0. The Labute approximate surface area is 97.4 Å². The van der Waals surface area contributed by atoms with E-state index in [4.69, 9.17) is 0 Å². The molecule has 1 saturated heterocycles. The number of hydrogen-bond donors (Lipinski definition) is 2. The second-order valence-corrected chi connectivity index (χ2v) is 4.72. The summed E-state index contributed by atoms with van der Waals surface area (Å²) in [5.74, 6) is 0.0519. The molecule has 1 aromatic carbocycles. The van der Waals surface area contributed by atoms with Crippen molar-refractivity contribution >= 4 is 21.8 Å². The molecule has 0 unspecified atom stereocenters. The zero-order chi connectivity index (χ0) is 10.8. The van der Waals surface area contributed by atoms with Crippen LogP contribution in [0.4, 0.5) is 0 Å². The van der Waals surface area contributed by atoms with Gasteiger partial charge in [-0.1, -0.05) is 28.1 Å². The first-order valence-electron chi connectivity index (χ1n) is 4.96. The zero-order valence-electron chi connectivity index (χ0n) is 8.46. The van der Waals surface area contributed by atoms with Gasteiger partial charge in [0, 0.05) is 17.1 Å². The molecule has 2 atom stereocenters. The second-order valence-electron chi connectivity index (χ2n) is 3.80. The SMILES string of the molecule is C[C@H]1CN[C@@H](c2ccc(Br)cc2)C(=O)N1. The van der Waals surface area contributed by atoms with Crippen LogP contribution in [-0.4, -0.2) is 18.5 Å². The van der Waals surface area contributed by atoms with Gasteiger partial charge in [0.1, 0.15) is 6.04 Å². The fourth-order valence-corrected chi connectivity index (χ4v) is 1.95. The molecule has 1 fully saturated rings. The Bertz CT molecular complexity index is 363. The summed E-state index contributed by atoms with van der Waals surface area (Å²) in [7, 11) is 0. The molecule has 0 radical (unpaired) electrons. The van der Waals surface area contributed by atoms with Crippen molar-refractivity contribution in [2.24, 2.45) is 0 Å². The average Bonchev–Trinajstić information content (AvgIpc) is 2.20. The van der Waals surface area contributed by atoms with Crippen LogP contribution >= 0.6 is 15.9 Å². The molecule has 1 aliphatic heterocycles. The lowest BCUT2D eigenvalue weighted by Gasteiger charge is -2.28. The van der Waals surface area contributed by atoms with Gasteiger partial charge in [-0.15, -0.1) is 0 Å². The molecule has 1 heterocycles. The van der Waals surface area contributed by atoms with E-state index in [2.05, 4.69) is 26.6 Å². The Balaban J connectivity index is 2.17. The lowest BCUT2D eigenvalue weighted by molar-refractivity contribution is -0.125. The molecular formula is C11H13BrN2O. The summed E-state index contributed by atoms with van der Waals surface area (Å²) >= 11 is 3.37. The third-order valence-corrected chi connectivity index (χ3v) is 3.01. The fraction of sp³-hybridized carbons (Fsp3) is 0.364. The molecular weight excluding hydrogens is 256 g/mol. The van der Waals surface area contributed by atoms with Crippen LogP contribution in [0.3, 0.4) is 0 Å². The van der Waals surface area contributed by atoms with Crippen molar-refractivity contribution < 1.29 is 4.79 Å². The Morgan fingerprint density at radius 1 is 1.33 bits per heavy atom. The second kappa shape index (κ2) is 4.33. The summed E-state index contributed by atoms with van der Waals surface area (Å²) in [4.78, 5) is 11.7. The van der Waals surface area contributed by atoms with E-state index >= 15 is 0 Å². The zero-order valence-corrected chi connectivity index (χ0v) is 10.0. The number of nitrogens with one attached hydrogen (secondary N) is 2. The summed E-state index contributed by atoms with van der Waals surface area (Å²) < 4.78 is 1.02. The van der Waals surface area contributed by atoms with E-state index in [1.165, 1.54) is 0 Å². The highest BCUT2D eigenvalue weighted by atomic mass is 79.9. The average molecular weight is 269 g/mol. The molecule has 0 aliphatic carbocycles. The molecule has 4 heteroatoms. The molecule has 2 rings (SSSR count). The molecule has 1 aliphatic rings. The van der Waals surface area contributed by atoms with Crippen molar-refractivity contribution in [2.45, 2.75) is 19.0 Å². The van der Waals surface area contributed by atoms with Crippen LogP contribution in [0.5, 0.6) is 0 Å². The van der Waals surface area contributed by atoms with Crippen LogP contribution in [0.2, 0.25) is 0 Å². The van der Waals surface area contributed by atoms with E-state index in [0.29, 0.717) is 0 Å². The van der Waals surface area contributed by atoms with Gasteiger partial charge in [0.05, 0.1) is 0 Å². The Hall–Kier alpha value is -0.870. The molecule has 1 aromatic rings. The number of carbonyl (C=O) groups is 1. The van der Waals surface area contributed by atoms with Gasteiger partial charge in [-0.25, -0.2) is 0 Å². The molecule has 80 valence electrons. The molecule has 3 nitrogen and oxygen atoms in total. The van der Waals surface area contributed by atoms with E-state index in [1.54, 1.807) is 0 Å². The van der Waals surface area contributed by atoms with Crippen molar-refractivity contribution in [1.82, 2.24) is 10.6 Å². The highest BCUT2D eigenvalue weighted by Gasteiger charge is 2.26. The summed E-state index contributed by atoms with van der Waals surface area (Å²) in [5.41, 5.74) is 1.00. The molecule has 0 bridgehead atoms. The van der Waals surface area contributed by atoms with Crippen molar-refractivity contribution in [3.63, 3.8) is 0 Å². The number of amides is 1. The summed E-state index contributed by atoms with van der Waals surface area (Å²) in [6.45, 7) is 2.80. The molecule has 1 amide bonds. The Kier molecular flexibility index (Phi) is 3.07. The minimum absolute atomic E-state index is 0.0519. The predicted molar refractivity (Wildman–Crippen MR) is 62.5 cm³/mol. The van der Waals surface area contributed by atoms with Crippen molar-refractivity contribution in [3.05, 3.63) is 34.3 Å². The van der Waals surface area contributed by atoms with Gasteiger partial charge in [0.2, 0.25) is 5.91 Å². The van der Waals surface area contributed by atoms with Crippen LogP contribution in [-0.2, 0) is 4.79 Å². The molecule has 0 aromatic heterocycles. The van der Waals surface area contributed by atoms with Gasteiger partial charge in [-0.05, 0) is 24.6 Å². The highest BCUT2D eigenvalue weighted by Crippen LogP contribution is 2.18. The number of hydrogen-bond acceptors (Lipinski definition) is 2. The van der Waals surface area contributed by atoms with E-state index in [1.807, 2.05) is 31.2 Å². The van der Waals surface area contributed by atoms with Gasteiger partial charge in [-0.3, -0.25) is 4.79 Å². The van der Waals surface area contributed by atoms with Gasteiger partial charge in [-0.2, -0.15) is 0 Å². The number of benzene rings is 1. The standard InChI is InChI=1S/C11H13BrN2O/c1-7-6-13-10(11(15)14-7)8-2-4-9(12)5-3-8/h2-5,7,10,13H,6H2,1H3,(H,14,15)/t7-,10-/m0/s1. The minimum atomic E-state index is -0.214. The number of piperazine rings is 1. The van der Waals surface area contributed by atoms with Crippen LogP contribution in [0.25, 0.3) is 0 Å². The molecule has 0 spiro atoms. The topological polar surface area (TPSA) is 41.1 Å². The number of carbonyl (C=O) groups excluding carboxylic acids is 1. The van der Waals surface area contributed by atoms with Crippen LogP contribution in [0.15, 0.2) is 28.7 Å². The van der Waals surface area contributed by atoms with Gasteiger partial charge >= 0.3 is 0 Å². The minimum Gasteiger partial charge on any atom is -0.351 e. The first-order chi connectivity index (χ1) is 7.16. The van der Waals surface area contributed by atoms with Crippen LogP contribution < -0.4 is 10.6 Å². The normalized spacial score (nSPS) is 26.1. The van der Waals surface area contributed by atoms with Crippen molar-refractivity contribution in [1.29, 1.82) is 0 Å². The van der Waals surface area contributed by atoms with Crippen molar-refractivity contribution in [2.75, 3.05) is 6.54 Å². The van der Waals surface area contributed by atoms with Gasteiger partial charge < -0.3 is 10.6 Å². The van der Waals surface area contributed by atoms with Crippen LogP contribution in [0.1, 0.15) is 18.5 Å². The first kappa shape index (κ1) is 10.6. The molecule has 2 N–H and O–H groups in total. The Morgan fingerprint density at radius 2 is 2.00 bits per heavy atom. The fourth-order valence-electron chi connectivity index (χ4n) is 1.69. The highest BCUT2D eigenvalue weighted by molar-refractivity contribution is 9.10. The lowest BCUT2D eigenvalue weighted by Crippen LogP contribution is -2.52. The first-order valence-corrected chi connectivity index (χ1v) is 5.75. The smallest absolute Gasteiger partial charge is 0.241 e. The third-order valence-electron chi connectivity index (χ3n) is 2.48. The van der Waals surface area contributed by atoms with E-state index in [-0.39, 0.29) is 18.0 Å². The summed E-state index contributed by atoms with van der Waals surface area (Å²) in [6.07, 6.45) is 0. The van der Waals surface area contributed by atoms with Crippen molar-refractivity contribution in [3.8, 4) is 0 Å². The quantitative estimate of drug-likeness (QED) is 0.813. The van der Waals surface area contributed by atoms with Gasteiger partial charge in [0.15, 0.2) is 0 Å². The molecule has 15 heavy (non-hydrogen) atoms. The summed E-state index contributed by atoms with van der Waals surface area (Å²) in [6, 6.07) is 7.80. The number of halogens is 1. The van der Waals surface area contributed by atoms with Crippen LogP contribution in [0, 0.1) is 0 Å². The monoisotopic (exact) mass is 268 g/mol. The Morgan fingerprint density at radius 3 is 2.60 bits per heavy atom. The predicted octanol–water partition coefficient (Wildman–Crippen LogP) is 1.60. The maximum absolute atomic E-state index is 11.7. The molecule has 0 saturated carbocycles. The van der Waals surface area contributed by atoms with E-state index < -0.39 is 0 Å². The summed E-state index contributed by atoms with van der Waals surface area (Å²) in [5, 5.41) is 6.16. The number of rotatable bonds is 1. The van der Waals surface area contributed by atoms with Gasteiger partial charge in [0.25, 0.3) is 0 Å². The maximum Gasteiger partial charge on any atom is 0.241 e. The van der Waals surface area contributed by atoms with E-state index in [9.17, 15) is 4.79 Å². The van der Waals surface area contributed by atoms with E-state index in [0.717, 1.165) is 16.6 Å². The maximum atomic E-state index is 11.7. The third kappa shape index (κ3) is 2.38. The largest absolute Gasteiger partial charge is 0.351 e.